The molecule has 26 heavy (non-hydrogen) atoms. The van der Waals surface area contributed by atoms with Gasteiger partial charge in [0.1, 0.15) is 17.7 Å². The molecule has 7 nitrogen and oxygen atoms in total. The van der Waals surface area contributed by atoms with Crippen LogP contribution in [-0.4, -0.2) is 37.1 Å². The average Bonchev–Trinajstić information content (AvgIpc) is 3.13. The second-order valence-corrected chi connectivity index (χ2v) is 6.05. The second kappa shape index (κ2) is 6.89. The summed E-state index contributed by atoms with van der Waals surface area (Å²) in [6.45, 7) is 0.726. The quantitative estimate of drug-likeness (QED) is 0.577. The van der Waals surface area contributed by atoms with Gasteiger partial charge in [-0.05, 0) is 23.3 Å². The minimum atomic E-state index is 0.0236. The Balaban J connectivity index is 1.68. The highest BCUT2D eigenvalue weighted by Crippen LogP contribution is 2.25. The molecule has 0 atom stereocenters. The van der Waals surface area contributed by atoms with Gasteiger partial charge >= 0.3 is 0 Å². The molecular weight excluding hydrogens is 328 g/mol. The molecule has 3 heterocycles. The van der Waals surface area contributed by atoms with E-state index < -0.39 is 0 Å². The van der Waals surface area contributed by atoms with E-state index in [1.165, 1.54) is 6.33 Å². The van der Waals surface area contributed by atoms with Crippen molar-refractivity contribution in [3.63, 3.8) is 0 Å². The van der Waals surface area contributed by atoms with Crippen LogP contribution in [0.2, 0.25) is 0 Å². The van der Waals surface area contributed by atoms with E-state index in [2.05, 4.69) is 29.8 Å². The highest BCUT2D eigenvalue weighted by molar-refractivity contribution is 5.85. The fraction of sp³-hybridized carbons (Fsp3) is 0.158. The van der Waals surface area contributed by atoms with Crippen molar-refractivity contribution in [2.24, 2.45) is 0 Å². The number of anilines is 1. The Kier molecular flexibility index (Phi) is 4.28. The lowest BCUT2D eigenvalue weighted by molar-refractivity contribution is 0.282. The van der Waals surface area contributed by atoms with E-state index in [-0.39, 0.29) is 6.61 Å². The summed E-state index contributed by atoms with van der Waals surface area (Å²) in [7, 11) is 1.98. The van der Waals surface area contributed by atoms with E-state index in [1.54, 1.807) is 12.4 Å². The van der Waals surface area contributed by atoms with Crippen molar-refractivity contribution in [2.45, 2.75) is 13.2 Å². The first-order valence-electron chi connectivity index (χ1n) is 8.25. The molecule has 0 fully saturated rings. The van der Waals surface area contributed by atoms with Crippen LogP contribution in [0.15, 0.2) is 55.1 Å². The van der Waals surface area contributed by atoms with Gasteiger partial charge in [-0.1, -0.05) is 24.3 Å². The number of aromatic nitrogens is 5. The molecular formula is C19H18N6O. The van der Waals surface area contributed by atoms with E-state index in [4.69, 9.17) is 0 Å². The first-order chi connectivity index (χ1) is 12.7. The largest absolute Gasteiger partial charge is 0.392 e. The lowest BCUT2D eigenvalue weighted by Gasteiger charge is -2.18. The summed E-state index contributed by atoms with van der Waals surface area (Å²) in [5.74, 6) is 1.51. The number of H-pyrrole nitrogens is 1. The fourth-order valence-corrected chi connectivity index (χ4v) is 2.85. The molecule has 0 saturated heterocycles. The lowest BCUT2D eigenvalue weighted by Crippen LogP contribution is -2.18. The summed E-state index contributed by atoms with van der Waals surface area (Å²) in [4.78, 5) is 22.7. The number of hydrogen-bond acceptors (Lipinski definition) is 6. The minimum absolute atomic E-state index is 0.0236. The summed E-state index contributed by atoms with van der Waals surface area (Å²) in [6.07, 6.45) is 5.09. The number of hydrogen-bond donors (Lipinski definition) is 2. The van der Waals surface area contributed by atoms with E-state index in [0.717, 1.165) is 33.8 Å². The Bertz CT molecular complexity index is 1010. The molecule has 0 aliphatic carbocycles. The zero-order valence-corrected chi connectivity index (χ0v) is 14.3. The van der Waals surface area contributed by atoms with E-state index in [1.807, 2.05) is 43.4 Å². The van der Waals surface area contributed by atoms with Crippen LogP contribution < -0.4 is 4.90 Å². The minimum Gasteiger partial charge on any atom is -0.392 e. The molecule has 2 N–H and O–H groups in total. The first-order valence-corrected chi connectivity index (χ1v) is 8.25. The highest BCUT2D eigenvalue weighted by Gasteiger charge is 2.14. The zero-order chi connectivity index (χ0) is 17.9. The molecule has 4 rings (SSSR count). The van der Waals surface area contributed by atoms with Gasteiger partial charge in [-0.15, -0.1) is 0 Å². The lowest BCUT2D eigenvalue weighted by atomic mass is 10.1. The molecule has 0 unspecified atom stereocenters. The van der Waals surface area contributed by atoms with Crippen LogP contribution >= 0.6 is 0 Å². The van der Waals surface area contributed by atoms with Gasteiger partial charge in [0, 0.05) is 31.5 Å². The normalized spacial score (nSPS) is 11.0. The molecule has 0 radical (unpaired) electrons. The fourth-order valence-electron chi connectivity index (χ4n) is 2.85. The standard InChI is InChI=1S/C19H18N6O/c1-25(10-13-6-8-20-9-7-13)19-16-18(21-12-22-19)24-17(23-16)15-4-2-14(11-26)3-5-15/h2-9,12,26H,10-11H2,1H3,(H,21,22,23,24). The van der Waals surface area contributed by atoms with Crippen LogP contribution in [0.3, 0.4) is 0 Å². The second-order valence-electron chi connectivity index (χ2n) is 6.05. The SMILES string of the molecule is CN(Cc1ccncc1)c1ncnc2nc(-c3ccc(CO)cc3)[nH]c12. The van der Waals surface area contributed by atoms with Crippen molar-refractivity contribution < 1.29 is 5.11 Å². The molecule has 130 valence electrons. The Morgan fingerprint density at radius 2 is 1.77 bits per heavy atom. The number of rotatable bonds is 5. The van der Waals surface area contributed by atoms with Crippen molar-refractivity contribution in [1.82, 2.24) is 24.9 Å². The van der Waals surface area contributed by atoms with Gasteiger partial charge in [0.25, 0.3) is 0 Å². The highest BCUT2D eigenvalue weighted by atomic mass is 16.3. The van der Waals surface area contributed by atoms with E-state index in [9.17, 15) is 5.11 Å². The van der Waals surface area contributed by atoms with Crippen molar-refractivity contribution >= 4 is 17.0 Å². The monoisotopic (exact) mass is 346 g/mol. The maximum absolute atomic E-state index is 9.18. The number of fused-ring (bicyclic) bond motifs is 1. The van der Waals surface area contributed by atoms with Crippen LogP contribution in [0.4, 0.5) is 5.82 Å². The number of pyridine rings is 1. The maximum Gasteiger partial charge on any atom is 0.183 e. The summed E-state index contributed by atoms with van der Waals surface area (Å²) in [5.41, 5.74) is 4.36. The predicted octanol–water partition coefficient (Wildman–Crippen LogP) is 2.54. The van der Waals surface area contributed by atoms with E-state index >= 15 is 0 Å². The van der Waals surface area contributed by atoms with Crippen molar-refractivity contribution in [3.8, 4) is 11.4 Å². The average molecular weight is 346 g/mol. The van der Waals surface area contributed by atoms with E-state index in [0.29, 0.717) is 12.2 Å². The van der Waals surface area contributed by atoms with Crippen LogP contribution in [0, 0.1) is 0 Å². The van der Waals surface area contributed by atoms with Gasteiger partial charge in [-0.25, -0.2) is 15.0 Å². The molecule has 1 aromatic carbocycles. The molecule has 4 aromatic rings. The van der Waals surface area contributed by atoms with Crippen molar-refractivity contribution in [1.29, 1.82) is 0 Å². The van der Waals surface area contributed by atoms with Gasteiger partial charge in [-0.3, -0.25) is 4.98 Å². The Labute approximate surface area is 150 Å². The molecule has 0 saturated carbocycles. The Morgan fingerprint density at radius 1 is 1.00 bits per heavy atom. The molecule has 0 bridgehead atoms. The molecule has 0 amide bonds. The zero-order valence-electron chi connectivity index (χ0n) is 14.3. The third kappa shape index (κ3) is 3.12. The summed E-state index contributed by atoms with van der Waals surface area (Å²) in [6, 6.07) is 11.6. The van der Waals surface area contributed by atoms with Gasteiger partial charge in [-0.2, -0.15) is 0 Å². The van der Waals surface area contributed by atoms with Crippen molar-refractivity contribution in [3.05, 3.63) is 66.2 Å². The smallest absolute Gasteiger partial charge is 0.183 e. The number of nitrogens with zero attached hydrogens (tertiary/aromatic N) is 5. The van der Waals surface area contributed by atoms with Gasteiger partial charge in [0.05, 0.1) is 6.61 Å². The number of benzene rings is 1. The van der Waals surface area contributed by atoms with Gasteiger partial charge in [0.2, 0.25) is 0 Å². The van der Waals surface area contributed by atoms with Crippen molar-refractivity contribution in [2.75, 3.05) is 11.9 Å². The van der Waals surface area contributed by atoms with Crippen LogP contribution in [0.25, 0.3) is 22.6 Å². The molecule has 3 aromatic heterocycles. The summed E-state index contributed by atoms with van der Waals surface area (Å²) < 4.78 is 0. The number of aliphatic hydroxyl groups is 1. The van der Waals surface area contributed by atoms with Crippen LogP contribution in [0.1, 0.15) is 11.1 Å². The number of imidazole rings is 1. The number of nitrogens with one attached hydrogen (secondary N) is 1. The predicted molar refractivity (Wildman–Crippen MR) is 99.4 cm³/mol. The molecule has 0 aliphatic rings. The van der Waals surface area contributed by atoms with Gasteiger partial charge in [0.15, 0.2) is 11.5 Å². The number of aromatic amines is 1. The molecule has 0 aliphatic heterocycles. The Hall–Kier alpha value is -3.32. The maximum atomic E-state index is 9.18. The summed E-state index contributed by atoms with van der Waals surface area (Å²) in [5, 5.41) is 9.18. The molecule has 0 spiro atoms. The van der Waals surface area contributed by atoms with Crippen LogP contribution in [0.5, 0.6) is 0 Å². The first kappa shape index (κ1) is 16.2. The third-order valence-corrected chi connectivity index (χ3v) is 4.21. The van der Waals surface area contributed by atoms with Crippen LogP contribution in [-0.2, 0) is 13.2 Å². The molecule has 7 heteroatoms. The van der Waals surface area contributed by atoms with Gasteiger partial charge < -0.3 is 15.0 Å². The Morgan fingerprint density at radius 3 is 2.50 bits per heavy atom. The third-order valence-electron chi connectivity index (χ3n) is 4.21. The summed E-state index contributed by atoms with van der Waals surface area (Å²) >= 11 is 0. The topological polar surface area (TPSA) is 90.8 Å². The number of aliphatic hydroxyl groups excluding tert-OH is 1.